The number of amides is 3. The second-order valence-corrected chi connectivity index (χ2v) is 18.8. The Morgan fingerprint density at radius 3 is 1.45 bits per heavy atom. The van der Waals surface area contributed by atoms with Gasteiger partial charge in [0.25, 0.3) is 0 Å². The summed E-state index contributed by atoms with van der Waals surface area (Å²) in [5, 5.41) is 190. The predicted octanol–water partition coefficient (Wildman–Crippen LogP) is -13.0. The van der Waals surface area contributed by atoms with Crippen molar-refractivity contribution in [3.05, 3.63) is 0 Å². The van der Waals surface area contributed by atoms with Crippen molar-refractivity contribution in [3.63, 3.8) is 0 Å². The van der Waals surface area contributed by atoms with Crippen molar-refractivity contribution in [2.24, 2.45) is 0 Å². The summed E-state index contributed by atoms with van der Waals surface area (Å²) in [6.07, 6.45) is -50.5. The van der Waals surface area contributed by atoms with E-state index in [-0.39, 0.29) is 0 Å². The number of carbonyl (C=O) groups is 3. The molecule has 0 spiro atoms. The molecule has 5 aliphatic heterocycles. The van der Waals surface area contributed by atoms with Gasteiger partial charge in [0.1, 0.15) is 134 Å². The highest BCUT2D eigenvalue weighted by molar-refractivity contribution is 5.74. The van der Waals surface area contributed by atoms with Crippen LogP contribution in [-0.4, -0.2) is 322 Å². The second kappa shape index (κ2) is 28.0. The monoisotopic (exact) mass is 1100 g/mol. The van der Waals surface area contributed by atoms with Crippen LogP contribution in [0.3, 0.4) is 0 Å². The average molecular weight is 1100 g/mol. The first-order valence-corrected chi connectivity index (χ1v) is 23.9. The minimum atomic E-state index is -2.35. The molecule has 5 heterocycles. The van der Waals surface area contributed by atoms with E-state index in [0.717, 1.165) is 20.8 Å². The molecule has 0 saturated carbocycles. The van der Waals surface area contributed by atoms with E-state index >= 15 is 0 Å². The molecule has 5 aliphatic rings. The van der Waals surface area contributed by atoms with E-state index in [1.807, 2.05) is 0 Å². The maximum atomic E-state index is 12.8. The van der Waals surface area contributed by atoms with E-state index in [1.165, 1.54) is 6.92 Å². The van der Waals surface area contributed by atoms with Gasteiger partial charge < -0.3 is 150 Å². The summed E-state index contributed by atoms with van der Waals surface area (Å²) in [5.74, 6) is -2.49. The third-order valence-corrected chi connectivity index (χ3v) is 13.2. The quantitative estimate of drug-likeness (QED) is 0.0479. The molecule has 436 valence electrons. The van der Waals surface area contributed by atoms with Crippen molar-refractivity contribution in [3.8, 4) is 0 Å². The molecule has 0 aromatic rings. The van der Waals surface area contributed by atoms with Crippen LogP contribution in [0, 0.1) is 0 Å². The zero-order valence-electron chi connectivity index (χ0n) is 40.9. The molecule has 0 aliphatic carbocycles. The molecular formula is C42H73N3O30. The number of nitrogens with one attached hydrogen (secondary N) is 3. The zero-order valence-corrected chi connectivity index (χ0v) is 40.9. The lowest BCUT2D eigenvalue weighted by atomic mass is 9.94. The summed E-state index contributed by atoms with van der Waals surface area (Å²) in [7, 11) is 0. The molecule has 0 bridgehead atoms. The highest BCUT2D eigenvalue weighted by atomic mass is 16.8. The fraction of sp³-hybridized carbons (Fsp3) is 0.929. The summed E-state index contributed by atoms with van der Waals surface area (Å²) in [4.78, 5) is 37.4. The van der Waals surface area contributed by atoms with Crippen LogP contribution < -0.4 is 16.0 Å². The smallest absolute Gasteiger partial charge is 0.217 e. The van der Waals surface area contributed by atoms with Gasteiger partial charge in [-0.1, -0.05) is 0 Å². The molecule has 33 nitrogen and oxygen atoms in total. The highest BCUT2D eigenvalue weighted by Gasteiger charge is 2.57. The third-order valence-electron chi connectivity index (χ3n) is 13.2. The lowest BCUT2D eigenvalue weighted by molar-refractivity contribution is -0.396. The number of aliphatic hydroxyl groups is 17. The fourth-order valence-corrected chi connectivity index (χ4v) is 9.14. The summed E-state index contributed by atoms with van der Waals surface area (Å²) >= 11 is 0. The van der Waals surface area contributed by atoms with Crippen LogP contribution in [0.25, 0.3) is 0 Å². The Kier molecular flexibility index (Phi) is 23.5. The van der Waals surface area contributed by atoms with Gasteiger partial charge in [-0.2, -0.15) is 0 Å². The molecule has 0 aromatic carbocycles. The van der Waals surface area contributed by atoms with Crippen LogP contribution in [0.5, 0.6) is 0 Å². The Balaban J connectivity index is 1.56. The number of rotatable bonds is 22. The van der Waals surface area contributed by atoms with Crippen LogP contribution in [0.15, 0.2) is 0 Å². The molecule has 0 radical (unpaired) electrons. The molecule has 5 saturated heterocycles. The largest absolute Gasteiger partial charge is 0.394 e. The summed E-state index contributed by atoms with van der Waals surface area (Å²) in [5.41, 5.74) is 0. The van der Waals surface area contributed by atoms with Gasteiger partial charge in [0.15, 0.2) is 31.5 Å². The van der Waals surface area contributed by atoms with Crippen LogP contribution in [0.1, 0.15) is 27.7 Å². The normalized spacial score (nSPS) is 44.2. The first-order chi connectivity index (χ1) is 35.3. The standard InChI is InChI=1S/C42H73N3O30/c1-11-23(55)30(62)32(64)40(67-11)75-37-36(74-39-22(45-14(4)53)35(27(59)19(8-49)69-39)73-41-33(65)31(63)26(58)18(7-48)70-41)28(60)20(9-50)71-42(37)72-34(15(5-46)43-12(2)51)24(56)16(54)10-66-38-21(44-13(3)52)29(61)25(57)17(6-47)68-38/h11,15-42,46-50,54-65H,5-10H2,1-4H3,(H,43,51)(H,44,52)(H,45,53)/t11-,15-,16+,17+,18+,19+,20+,21+,22+,23+,24-,25+,26-,27-,28-,29+,30+,31-,32-,33+,34+,35+,36-,37+,38+,39+,40-,41+,42-/m0/s1. The summed E-state index contributed by atoms with van der Waals surface area (Å²) in [6, 6.07) is -5.12. The first kappa shape index (κ1) is 63.2. The molecule has 29 atom stereocenters. The van der Waals surface area contributed by atoms with Crippen molar-refractivity contribution in [1.82, 2.24) is 16.0 Å². The molecule has 33 heteroatoms. The predicted molar refractivity (Wildman–Crippen MR) is 235 cm³/mol. The zero-order chi connectivity index (χ0) is 55.9. The van der Waals surface area contributed by atoms with E-state index < -0.39 is 235 Å². The fourth-order valence-electron chi connectivity index (χ4n) is 9.14. The highest BCUT2D eigenvalue weighted by Crippen LogP contribution is 2.37. The van der Waals surface area contributed by atoms with Crippen molar-refractivity contribution >= 4 is 17.7 Å². The van der Waals surface area contributed by atoms with E-state index in [0.29, 0.717) is 0 Å². The van der Waals surface area contributed by atoms with Crippen LogP contribution in [0.2, 0.25) is 0 Å². The molecule has 75 heavy (non-hydrogen) atoms. The van der Waals surface area contributed by atoms with E-state index in [4.69, 9.17) is 47.4 Å². The lowest BCUT2D eigenvalue weighted by Crippen LogP contribution is -2.70. The van der Waals surface area contributed by atoms with Gasteiger partial charge in [-0.3, -0.25) is 14.4 Å². The van der Waals surface area contributed by atoms with Crippen molar-refractivity contribution < 1.29 is 149 Å². The molecule has 0 unspecified atom stereocenters. The molecule has 5 rings (SSSR count). The first-order valence-electron chi connectivity index (χ1n) is 23.9. The van der Waals surface area contributed by atoms with E-state index in [2.05, 4.69) is 16.0 Å². The van der Waals surface area contributed by atoms with E-state index in [9.17, 15) is 101 Å². The number of hydrogen-bond donors (Lipinski definition) is 20. The van der Waals surface area contributed by atoms with Gasteiger partial charge in [-0.15, -0.1) is 0 Å². The third kappa shape index (κ3) is 14.8. The van der Waals surface area contributed by atoms with Crippen molar-refractivity contribution in [2.45, 2.75) is 205 Å². The van der Waals surface area contributed by atoms with Crippen LogP contribution in [-0.2, 0) is 61.8 Å². The van der Waals surface area contributed by atoms with Gasteiger partial charge in [-0.05, 0) is 6.92 Å². The topological polar surface area (TPSA) is 524 Å². The van der Waals surface area contributed by atoms with Crippen LogP contribution in [0.4, 0.5) is 0 Å². The number of carbonyl (C=O) groups excluding carboxylic acids is 3. The van der Waals surface area contributed by atoms with Crippen LogP contribution >= 0.6 is 0 Å². The van der Waals surface area contributed by atoms with Gasteiger partial charge in [0, 0.05) is 20.8 Å². The van der Waals surface area contributed by atoms with E-state index in [1.54, 1.807) is 0 Å². The minimum Gasteiger partial charge on any atom is -0.394 e. The van der Waals surface area contributed by atoms with Crippen molar-refractivity contribution in [2.75, 3.05) is 39.6 Å². The maximum Gasteiger partial charge on any atom is 0.217 e. The summed E-state index contributed by atoms with van der Waals surface area (Å²) in [6.45, 7) is -1.77. The number of aliphatic hydroxyl groups excluding tert-OH is 17. The molecule has 20 N–H and O–H groups in total. The molecule has 5 fully saturated rings. The SMILES string of the molecule is CC(=O)N[C@H]1[C@H](OC[C@@H](O)[C@H](O)[C@H](O[C@@H]2O[C@H](CO)[C@H](O)[C@H](O[C@H]3O[C@H](CO)[C@H](O)[C@H](O[C@H]4O[C@H](CO)[C@H](O)[C@H](O)[C@H]4O)[C@H]3NC(C)=O)[C@H]2O[C@@H]2O[C@@H](C)[C@@H](O)[C@@H](O)[C@@H]2O)[C@H](CO)NC(C)=O)O[C@H](CO)[C@@H](O)[C@@H]1O. The average Bonchev–Trinajstić information content (AvgIpc) is 3.37. The van der Waals surface area contributed by atoms with Gasteiger partial charge in [0.2, 0.25) is 17.7 Å². The van der Waals surface area contributed by atoms with Gasteiger partial charge in [0.05, 0.1) is 51.8 Å². The maximum absolute atomic E-state index is 12.8. The Morgan fingerprint density at radius 1 is 0.480 bits per heavy atom. The molecule has 3 amide bonds. The Labute approximate surface area is 426 Å². The number of hydrogen-bond acceptors (Lipinski definition) is 30. The Morgan fingerprint density at radius 2 is 0.920 bits per heavy atom. The van der Waals surface area contributed by atoms with Gasteiger partial charge in [-0.25, -0.2) is 0 Å². The Bertz CT molecular complexity index is 1800. The molecule has 0 aromatic heterocycles. The Hall–Kier alpha value is -2.67. The van der Waals surface area contributed by atoms with Crippen molar-refractivity contribution in [1.29, 1.82) is 0 Å². The minimum absolute atomic E-state index is 0.738. The lowest BCUT2D eigenvalue weighted by Gasteiger charge is -2.51. The molecular weight excluding hydrogens is 1030 g/mol. The number of ether oxygens (including phenoxy) is 10. The van der Waals surface area contributed by atoms with Gasteiger partial charge >= 0.3 is 0 Å². The summed E-state index contributed by atoms with van der Waals surface area (Å²) < 4.78 is 58.5. The second-order valence-electron chi connectivity index (χ2n) is 18.8.